The van der Waals surface area contributed by atoms with E-state index < -0.39 is 11.3 Å². The summed E-state index contributed by atoms with van der Waals surface area (Å²) in [5.74, 6) is 0.696. The van der Waals surface area contributed by atoms with E-state index in [0.717, 1.165) is 0 Å². The molecule has 1 aliphatic rings. The van der Waals surface area contributed by atoms with Crippen molar-refractivity contribution in [3.05, 3.63) is 63.4 Å². The molecule has 7 heteroatoms. The molecule has 138 valence electrons. The Kier molecular flexibility index (Phi) is 4.28. The predicted octanol–water partition coefficient (Wildman–Crippen LogP) is 3.70. The van der Waals surface area contributed by atoms with Gasteiger partial charge >= 0.3 is 0 Å². The Balaban J connectivity index is 1.83. The van der Waals surface area contributed by atoms with Crippen molar-refractivity contribution in [3.63, 3.8) is 0 Å². The molecule has 0 bridgehead atoms. The lowest BCUT2D eigenvalue weighted by Crippen LogP contribution is -2.30. The minimum absolute atomic E-state index is 0.0264. The molecule has 2 aromatic carbocycles. The number of hydrogen-bond donors (Lipinski definition) is 1. The van der Waals surface area contributed by atoms with Crippen molar-refractivity contribution in [3.8, 4) is 11.5 Å². The summed E-state index contributed by atoms with van der Waals surface area (Å²) in [5.41, 5.74) is 0.752. The van der Waals surface area contributed by atoms with Crippen LogP contribution in [0, 0.1) is 0 Å². The molecular weight excluding hydrogens is 368 g/mol. The van der Waals surface area contributed by atoms with Crippen LogP contribution in [-0.2, 0) is 6.54 Å². The highest BCUT2D eigenvalue weighted by Gasteiger charge is 2.24. The van der Waals surface area contributed by atoms with Crippen molar-refractivity contribution in [1.82, 2.24) is 4.57 Å². The Morgan fingerprint density at radius 2 is 2.15 bits per heavy atom. The summed E-state index contributed by atoms with van der Waals surface area (Å²) in [7, 11) is 1.55. The van der Waals surface area contributed by atoms with E-state index in [1.165, 1.54) is 0 Å². The Bertz CT molecular complexity index is 1120. The third kappa shape index (κ3) is 3.02. The molecule has 0 fully saturated rings. The van der Waals surface area contributed by atoms with E-state index in [-0.39, 0.29) is 11.7 Å². The maximum Gasteiger partial charge on any atom is 0.261 e. The Morgan fingerprint density at radius 1 is 1.33 bits per heavy atom. The summed E-state index contributed by atoms with van der Waals surface area (Å²) >= 11 is 6.28. The van der Waals surface area contributed by atoms with Gasteiger partial charge in [0.25, 0.3) is 5.91 Å². The summed E-state index contributed by atoms with van der Waals surface area (Å²) in [6.45, 7) is 2.45. The molecule has 0 saturated carbocycles. The first-order valence-corrected chi connectivity index (χ1v) is 8.83. The largest absolute Gasteiger partial charge is 0.497 e. The van der Waals surface area contributed by atoms with Crippen molar-refractivity contribution in [1.29, 1.82) is 0 Å². The molecule has 3 aromatic rings. The van der Waals surface area contributed by atoms with Crippen LogP contribution in [0.15, 0.2) is 47.4 Å². The summed E-state index contributed by atoms with van der Waals surface area (Å²) in [4.78, 5) is 25.8. The zero-order valence-electron chi connectivity index (χ0n) is 14.8. The first kappa shape index (κ1) is 17.4. The zero-order valence-corrected chi connectivity index (χ0v) is 15.5. The lowest BCUT2D eigenvalue weighted by atomic mass is 10.1. The van der Waals surface area contributed by atoms with Gasteiger partial charge in [-0.1, -0.05) is 17.7 Å². The fourth-order valence-electron chi connectivity index (χ4n) is 3.29. The number of benzene rings is 2. The van der Waals surface area contributed by atoms with Crippen molar-refractivity contribution in [2.24, 2.45) is 0 Å². The molecule has 1 atom stereocenters. The number of pyridine rings is 1. The highest BCUT2D eigenvalue weighted by molar-refractivity contribution is 6.35. The third-order valence-electron chi connectivity index (χ3n) is 4.49. The van der Waals surface area contributed by atoms with Gasteiger partial charge in [0.05, 0.1) is 29.6 Å². The van der Waals surface area contributed by atoms with Gasteiger partial charge in [-0.15, -0.1) is 0 Å². The molecular formula is C20H17ClN2O4. The number of anilines is 1. The van der Waals surface area contributed by atoms with Crippen LogP contribution < -0.4 is 20.2 Å². The lowest BCUT2D eigenvalue weighted by Gasteiger charge is -2.26. The minimum Gasteiger partial charge on any atom is -0.497 e. The number of hydrogen-bond acceptors (Lipinski definition) is 4. The first-order chi connectivity index (χ1) is 13.0. The van der Waals surface area contributed by atoms with E-state index in [1.54, 1.807) is 49.7 Å². The number of aromatic nitrogens is 1. The predicted molar refractivity (Wildman–Crippen MR) is 104 cm³/mol. The lowest BCUT2D eigenvalue weighted by molar-refractivity contribution is 0.102. The monoisotopic (exact) mass is 384 g/mol. The normalized spacial score (nSPS) is 15.3. The van der Waals surface area contributed by atoms with E-state index in [1.807, 2.05) is 11.5 Å². The molecule has 1 aromatic heterocycles. The number of nitrogens with zero attached hydrogens (tertiary/aromatic N) is 1. The van der Waals surface area contributed by atoms with Crippen LogP contribution in [0.1, 0.15) is 17.3 Å². The topological polar surface area (TPSA) is 69.6 Å². The molecule has 0 unspecified atom stereocenters. The second kappa shape index (κ2) is 6.63. The first-order valence-electron chi connectivity index (χ1n) is 8.45. The minimum atomic E-state index is -0.500. The fourth-order valence-corrected chi connectivity index (χ4v) is 3.53. The van der Waals surface area contributed by atoms with Gasteiger partial charge in [-0.3, -0.25) is 9.59 Å². The molecule has 0 radical (unpaired) electrons. The number of ether oxygens (including phenoxy) is 2. The quantitative estimate of drug-likeness (QED) is 0.747. The smallest absolute Gasteiger partial charge is 0.261 e. The second-order valence-electron chi connectivity index (χ2n) is 6.41. The van der Waals surface area contributed by atoms with E-state index >= 15 is 0 Å². The summed E-state index contributed by atoms with van der Waals surface area (Å²) in [5, 5.41) is 3.33. The van der Waals surface area contributed by atoms with E-state index in [4.69, 9.17) is 21.1 Å². The van der Waals surface area contributed by atoms with Gasteiger partial charge in [0.2, 0.25) is 5.43 Å². The van der Waals surface area contributed by atoms with Crippen molar-refractivity contribution in [2.45, 2.75) is 19.6 Å². The molecule has 1 amide bonds. The van der Waals surface area contributed by atoms with Crippen molar-refractivity contribution < 1.29 is 14.3 Å². The van der Waals surface area contributed by atoms with Crippen LogP contribution in [0.4, 0.5) is 5.69 Å². The van der Waals surface area contributed by atoms with Gasteiger partial charge in [-0.05, 0) is 31.2 Å². The molecule has 0 aliphatic carbocycles. The second-order valence-corrected chi connectivity index (χ2v) is 6.82. The molecule has 2 heterocycles. The Morgan fingerprint density at radius 3 is 2.93 bits per heavy atom. The highest BCUT2D eigenvalue weighted by Crippen LogP contribution is 2.33. The molecule has 0 spiro atoms. The van der Waals surface area contributed by atoms with Gasteiger partial charge < -0.3 is 19.4 Å². The van der Waals surface area contributed by atoms with E-state index in [0.29, 0.717) is 39.7 Å². The number of carbonyl (C=O) groups is 1. The summed E-state index contributed by atoms with van der Waals surface area (Å²) < 4.78 is 12.8. The number of rotatable bonds is 3. The molecule has 1 N–H and O–H groups in total. The van der Waals surface area contributed by atoms with E-state index in [2.05, 4.69) is 5.32 Å². The molecule has 6 nitrogen and oxygen atoms in total. The Hall–Kier alpha value is -2.99. The highest BCUT2D eigenvalue weighted by atomic mass is 35.5. The van der Waals surface area contributed by atoms with Crippen LogP contribution in [-0.4, -0.2) is 23.7 Å². The SMILES string of the molecule is COc1cccc(NC(=O)c2cn3c4c(ccc(Cl)c4c2=O)O[C@@H](C)C3)c1. The van der Waals surface area contributed by atoms with Crippen LogP contribution in [0.25, 0.3) is 10.9 Å². The average molecular weight is 385 g/mol. The molecule has 1 aliphatic heterocycles. The maximum absolute atomic E-state index is 13.0. The van der Waals surface area contributed by atoms with Crippen LogP contribution in [0.3, 0.4) is 0 Å². The fraction of sp³-hybridized carbons (Fsp3) is 0.200. The molecule has 4 rings (SSSR count). The number of methoxy groups -OCH3 is 1. The number of carbonyl (C=O) groups excluding carboxylic acids is 1. The van der Waals surface area contributed by atoms with Crippen LogP contribution in [0.5, 0.6) is 11.5 Å². The van der Waals surface area contributed by atoms with Gasteiger partial charge in [0.1, 0.15) is 23.2 Å². The maximum atomic E-state index is 13.0. The van der Waals surface area contributed by atoms with Crippen LogP contribution in [0.2, 0.25) is 5.02 Å². The zero-order chi connectivity index (χ0) is 19.1. The standard InChI is InChI=1S/C20H17ClN2O4/c1-11-9-23-10-14(20(25)22-12-4-3-5-13(8-12)26-2)19(24)17-15(21)6-7-16(27-11)18(17)23/h3-8,10-11H,9H2,1-2H3,(H,22,25)/t11-/m0/s1. The number of nitrogens with one attached hydrogen (secondary N) is 1. The molecule has 27 heavy (non-hydrogen) atoms. The van der Waals surface area contributed by atoms with Gasteiger partial charge in [-0.25, -0.2) is 0 Å². The molecule has 0 saturated heterocycles. The Labute approximate surface area is 160 Å². The average Bonchev–Trinajstić information content (AvgIpc) is 2.65. The van der Waals surface area contributed by atoms with Gasteiger partial charge in [-0.2, -0.15) is 0 Å². The van der Waals surface area contributed by atoms with Gasteiger partial charge in [0, 0.05) is 18.0 Å². The summed E-state index contributed by atoms with van der Waals surface area (Å²) in [6.07, 6.45) is 1.48. The summed E-state index contributed by atoms with van der Waals surface area (Å²) in [6, 6.07) is 10.3. The van der Waals surface area contributed by atoms with Crippen molar-refractivity contribution >= 4 is 34.1 Å². The van der Waals surface area contributed by atoms with E-state index in [9.17, 15) is 9.59 Å². The van der Waals surface area contributed by atoms with Crippen LogP contribution >= 0.6 is 11.6 Å². The van der Waals surface area contributed by atoms with Gasteiger partial charge in [0.15, 0.2) is 0 Å². The number of halogens is 1. The third-order valence-corrected chi connectivity index (χ3v) is 4.80. The van der Waals surface area contributed by atoms with Crippen molar-refractivity contribution in [2.75, 3.05) is 12.4 Å². The number of amides is 1.